The van der Waals surface area contributed by atoms with Crippen LogP contribution < -0.4 is 10.2 Å². The molecule has 3 aromatic rings. The maximum Gasteiger partial charge on any atom is 0.159 e. The van der Waals surface area contributed by atoms with E-state index in [1.807, 2.05) is 11.0 Å². The van der Waals surface area contributed by atoms with E-state index in [1.165, 1.54) is 17.7 Å². The van der Waals surface area contributed by atoms with Gasteiger partial charge in [-0.1, -0.05) is 12.1 Å². The topological polar surface area (TPSA) is 68.6 Å². The summed E-state index contributed by atoms with van der Waals surface area (Å²) in [6.45, 7) is 1.42. The van der Waals surface area contributed by atoms with Crippen molar-refractivity contribution in [2.45, 2.75) is 25.3 Å². The van der Waals surface area contributed by atoms with Gasteiger partial charge in [0.15, 0.2) is 11.5 Å². The number of halogens is 1. The highest BCUT2D eigenvalue weighted by molar-refractivity contribution is 5.96. The number of nitrogens with zero attached hydrogens (tertiary/aromatic N) is 2. The SMILES string of the molecule is Oc1cc2nc3c(c(NC4CN(c5ccccc5F)C4)c2cc1O)CCC3. The lowest BCUT2D eigenvalue weighted by Crippen LogP contribution is -2.55. The molecule has 6 heteroatoms. The van der Waals surface area contributed by atoms with Crippen molar-refractivity contribution < 1.29 is 14.6 Å². The predicted octanol–water partition coefficient (Wildman–Crippen LogP) is 3.57. The van der Waals surface area contributed by atoms with Crippen LogP contribution in [0.15, 0.2) is 36.4 Å². The van der Waals surface area contributed by atoms with Gasteiger partial charge in [-0.05, 0) is 43.0 Å². The maximum atomic E-state index is 14.0. The Labute approximate surface area is 156 Å². The zero-order valence-electron chi connectivity index (χ0n) is 14.7. The highest BCUT2D eigenvalue weighted by Gasteiger charge is 2.30. The summed E-state index contributed by atoms with van der Waals surface area (Å²) in [5.74, 6) is -0.508. The van der Waals surface area contributed by atoms with E-state index in [2.05, 4.69) is 10.3 Å². The first-order valence-corrected chi connectivity index (χ1v) is 9.23. The Balaban J connectivity index is 1.46. The molecule has 0 saturated carbocycles. The quantitative estimate of drug-likeness (QED) is 0.619. The average molecular weight is 365 g/mol. The third kappa shape index (κ3) is 2.63. The van der Waals surface area contributed by atoms with Gasteiger partial charge in [0.05, 0.1) is 17.2 Å². The summed E-state index contributed by atoms with van der Waals surface area (Å²) in [4.78, 5) is 6.69. The normalized spacial score (nSPS) is 16.4. The molecule has 3 N–H and O–H groups in total. The summed E-state index contributed by atoms with van der Waals surface area (Å²) in [5.41, 5.74) is 4.54. The van der Waals surface area contributed by atoms with Crippen molar-refractivity contribution >= 4 is 22.3 Å². The number of aromatic nitrogens is 1. The summed E-state index contributed by atoms with van der Waals surface area (Å²) >= 11 is 0. The molecule has 0 spiro atoms. The molecule has 0 unspecified atom stereocenters. The zero-order valence-corrected chi connectivity index (χ0v) is 14.7. The van der Waals surface area contributed by atoms with Gasteiger partial charge in [-0.3, -0.25) is 4.98 Å². The molecule has 5 nitrogen and oxygen atoms in total. The Morgan fingerprint density at radius 3 is 2.67 bits per heavy atom. The number of para-hydroxylation sites is 1. The van der Waals surface area contributed by atoms with Gasteiger partial charge in [-0.2, -0.15) is 0 Å². The molecule has 0 amide bonds. The highest BCUT2D eigenvalue weighted by atomic mass is 19.1. The minimum absolute atomic E-state index is 0.146. The number of aromatic hydroxyl groups is 2. The van der Waals surface area contributed by atoms with Crippen molar-refractivity contribution in [2.75, 3.05) is 23.3 Å². The van der Waals surface area contributed by atoms with Crippen LogP contribution in [0.5, 0.6) is 11.5 Å². The summed E-state index contributed by atoms with van der Waals surface area (Å²) in [7, 11) is 0. The van der Waals surface area contributed by atoms with E-state index in [1.54, 1.807) is 18.2 Å². The van der Waals surface area contributed by atoms with Crippen LogP contribution in [0.2, 0.25) is 0 Å². The molecule has 1 aliphatic carbocycles. The summed E-state index contributed by atoms with van der Waals surface area (Å²) in [6, 6.07) is 10.1. The van der Waals surface area contributed by atoms with E-state index in [4.69, 9.17) is 0 Å². The molecule has 27 heavy (non-hydrogen) atoms. The zero-order chi connectivity index (χ0) is 18.5. The molecule has 1 aromatic heterocycles. The van der Waals surface area contributed by atoms with Gasteiger partial charge >= 0.3 is 0 Å². The van der Waals surface area contributed by atoms with Crippen LogP contribution in [0.3, 0.4) is 0 Å². The van der Waals surface area contributed by atoms with Gasteiger partial charge in [-0.25, -0.2) is 4.39 Å². The third-order valence-corrected chi connectivity index (χ3v) is 5.53. The molecule has 1 saturated heterocycles. The van der Waals surface area contributed by atoms with Crippen LogP contribution in [0.25, 0.3) is 10.9 Å². The number of phenolic OH excluding ortho intramolecular Hbond substituents is 2. The number of aryl methyl sites for hydroxylation is 1. The Morgan fingerprint density at radius 1 is 1.07 bits per heavy atom. The Morgan fingerprint density at radius 2 is 1.85 bits per heavy atom. The second-order valence-corrected chi connectivity index (χ2v) is 7.32. The fourth-order valence-electron chi connectivity index (χ4n) is 4.13. The number of benzene rings is 2. The van der Waals surface area contributed by atoms with Gasteiger partial charge in [0.2, 0.25) is 0 Å². The first-order valence-electron chi connectivity index (χ1n) is 9.23. The second-order valence-electron chi connectivity index (χ2n) is 7.32. The van der Waals surface area contributed by atoms with Crippen molar-refractivity contribution in [1.29, 1.82) is 0 Å². The molecule has 2 aromatic carbocycles. The largest absolute Gasteiger partial charge is 0.504 e. The summed E-state index contributed by atoms with van der Waals surface area (Å²) < 4.78 is 14.0. The van der Waals surface area contributed by atoms with E-state index in [0.717, 1.165) is 36.0 Å². The van der Waals surface area contributed by atoms with Crippen LogP contribution in [-0.4, -0.2) is 34.3 Å². The lowest BCUT2D eigenvalue weighted by Gasteiger charge is -2.42. The van der Waals surface area contributed by atoms with Gasteiger partial charge in [-0.15, -0.1) is 0 Å². The van der Waals surface area contributed by atoms with Crippen molar-refractivity contribution in [1.82, 2.24) is 4.98 Å². The molecule has 2 aliphatic rings. The van der Waals surface area contributed by atoms with E-state index in [0.29, 0.717) is 24.3 Å². The second kappa shape index (κ2) is 6.01. The number of fused-ring (bicyclic) bond motifs is 2. The van der Waals surface area contributed by atoms with E-state index in [9.17, 15) is 14.6 Å². The number of rotatable bonds is 3. The Hall–Kier alpha value is -3.02. The molecule has 0 radical (unpaired) electrons. The molecule has 1 fully saturated rings. The van der Waals surface area contributed by atoms with Gasteiger partial charge < -0.3 is 20.4 Å². The molecular weight excluding hydrogens is 345 g/mol. The van der Waals surface area contributed by atoms with E-state index >= 15 is 0 Å². The number of hydrogen-bond donors (Lipinski definition) is 3. The molecule has 2 heterocycles. The molecule has 1 aliphatic heterocycles. The number of hydrogen-bond acceptors (Lipinski definition) is 5. The molecule has 0 bridgehead atoms. The summed E-state index contributed by atoms with van der Waals surface area (Å²) in [6.07, 6.45) is 2.93. The van der Waals surface area contributed by atoms with Crippen molar-refractivity contribution in [3.8, 4) is 11.5 Å². The summed E-state index contributed by atoms with van der Waals surface area (Å²) in [5, 5.41) is 24.2. The van der Waals surface area contributed by atoms with Crippen LogP contribution >= 0.6 is 0 Å². The molecule has 138 valence electrons. The van der Waals surface area contributed by atoms with E-state index in [-0.39, 0.29) is 23.4 Å². The van der Waals surface area contributed by atoms with Gasteiger partial charge in [0.25, 0.3) is 0 Å². The Kier molecular flexibility index (Phi) is 3.60. The molecule has 5 rings (SSSR count). The van der Waals surface area contributed by atoms with Crippen LogP contribution in [0.4, 0.5) is 15.8 Å². The highest BCUT2D eigenvalue weighted by Crippen LogP contribution is 2.39. The molecule has 0 atom stereocenters. The van der Waals surface area contributed by atoms with E-state index < -0.39 is 0 Å². The molecular formula is C21H20FN3O2. The third-order valence-electron chi connectivity index (χ3n) is 5.53. The van der Waals surface area contributed by atoms with Crippen molar-refractivity contribution in [2.24, 2.45) is 0 Å². The van der Waals surface area contributed by atoms with Crippen LogP contribution in [-0.2, 0) is 12.8 Å². The minimum Gasteiger partial charge on any atom is -0.504 e. The number of nitrogens with one attached hydrogen (secondary N) is 1. The first-order chi connectivity index (χ1) is 13.1. The Bertz CT molecular complexity index is 1050. The van der Waals surface area contributed by atoms with Crippen molar-refractivity contribution in [3.05, 3.63) is 53.5 Å². The standard InChI is InChI=1S/C21H20FN3O2/c22-15-5-1-2-7-18(15)25-10-12(11-25)23-21-13-4-3-6-16(13)24-17-9-20(27)19(26)8-14(17)21/h1-2,5,7-9,12,26-27H,3-4,6,10-11H2,(H,23,24). The monoisotopic (exact) mass is 365 g/mol. The van der Waals surface area contributed by atoms with Crippen LogP contribution in [0.1, 0.15) is 17.7 Å². The lowest BCUT2D eigenvalue weighted by molar-refractivity contribution is 0.405. The van der Waals surface area contributed by atoms with Gasteiger partial charge in [0.1, 0.15) is 5.82 Å². The minimum atomic E-state index is -0.202. The maximum absolute atomic E-state index is 14.0. The lowest BCUT2D eigenvalue weighted by atomic mass is 10.0. The number of anilines is 2. The average Bonchev–Trinajstić information content (AvgIpc) is 3.07. The number of phenols is 2. The van der Waals surface area contributed by atoms with Gasteiger partial charge in [0, 0.05) is 35.9 Å². The van der Waals surface area contributed by atoms with Crippen LogP contribution in [0, 0.1) is 5.82 Å². The fourth-order valence-corrected chi connectivity index (χ4v) is 4.13. The predicted molar refractivity (Wildman–Crippen MR) is 103 cm³/mol. The first kappa shape index (κ1) is 16.2. The van der Waals surface area contributed by atoms with Crippen molar-refractivity contribution in [3.63, 3.8) is 0 Å². The smallest absolute Gasteiger partial charge is 0.159 e. The number of pyridine rings is 1. The fraction of sp³-hybridized carbons (Fsp3) is 0.286.